The van der Waals surface area contributed by atoms with Gasteiger partial charge in [0.05, 0.1) is 5.02 Å². The van der Waals surface area contributed by atoms with Crippen LogP contribution < -0.4 is 9.62 Å². The lowest BCUT2D eigenvalue weighted by Gasteiger charge is -2.18. The van der Waals surface area contributed by atoms with Gasteiger partial charge in [0.2, 0.25) is 15.9 Å². The largest absolute Gasteiger partial charge is 0.311 e. The number of para-hydroxylation sites is 1. The number of nitrogens with one attached hydrogen (secondary N) is 1. The number of carbonyl (C=O) groups is 1. The average molecular weight is 365 g/mol. The van der Waals surface area contributed by atoms with Crippen LogP contribution in [0.4, 0.5) is 5.69 Å². The molecule has 0 aromatic heterocycles. The van der Waals surface area contributed by atoms with E-state index in [1.165, 1.54) is 6.07 Å². The zero-order valence-electron chi connectivity index (χ0n) is 13.1. The minimum atomic E-state index is -3.87. The highest BCUT2D eigenvalue weighted by atomic mass is 35.5. The van der Waals surface area contributed by atoms with Crippen molar-refractivity contribution < 1.29 is 13.2 Å². The average Bonchev–Trinajstić information content (AvgIpc) is 2.88. The number of sulfonamides is 1. The Labute approximate surface area is 146 Å². The fourth-order valence-corrected chi connectivity index (χ4v) is 4.91. The van der Waals surface area contributed by atoms with Gasteiger partial charge in [-0.15, -0.1) is 0 Å². The number of benzene rings is 2. The number of nitrogens with zero attached hydrogens (tertiary/aromatic N) is 1. The summed E-state index contributed by atoms with van der Waals surface area (Å²) in [6.07, 6.45) is 0.413. The Balaban J connectivity index is 1.83. The number of hydrogen-bond acceptors (Lipinski definition) is 3. The van der Waals surface area contributed by atoms with E-state index in [-0.39, 0.29) is 15.8 Å². The van der Waals surface area contributed by atoms with Crippen LogP contribution in [0.5, 0.6) is 0 Å². The second-order valence-corrected chi connectivity index (χ2v) is 7.73. The molecule has 1 amide bonds. The molecule has 2 aromatic rings. The van der Waals surface area contributed by atoms with E-state index in [9.17, 15) is 13.2 Å². The van der Waals surface area contributed by atoms with Crippen molar-refractivity contribution in [3.8, 4) is 0 Å². The summed E-state index contributed by atoms with van der Waals surface area (Å²) in [5.41, 5.74) is 1.30. The molecule has 1 N–H and O–H groups in total. The molecule has 0 saturated carbocycles. The van der Waals surface area contributed by atoms with Gasteiger partial charge in [-0.2, -0.15) is 4.72 Å². The molecule has 0 radical (unpaired) electrons. The molecular formula is C17H17ClN2O3S. The van der Waals surface area contributed by atoms with E-state index in [0.717, 1.165) is 5.69 Å². The highest BCUT2D eigenvalue weighted by molar-refractivity contribution is 7.89. The maximum atomic E-state index is 12.7. The molecule has 1 heterocycles. The van der Waals surface area contributed by atoms with Crippen molar-refractivity contribution in [2.45, 2.75) is 24.3 Å². The Bertz CT molecular complexity index is 848. The minimum Gasteiger partial charge on any atom is -0.311 e. The molecular weight excluding hydrogens is 348 g/mol. The first-order valence-corrected chi connectivity index (χ1v) is 9.40. The van der Waals surface area contributed by atoms with Crippen molar-refractivity contribution in [3.05, 3.63) is 59.1 Å². The molecule has 1 atom stereocenters. The van der Waals surface area contributed by atoms with Crippen LogP contribution in [0.1, 0.15) is 12.0 Å². The highest BCUT2D eigenvalue weighted by Crippen LogP contribution is 2.27. The van der Waals surface area contributed by atoms with Crippen LogP contribution in [0.15, 0.2) is 53.4 Å². The van der Waals surface area contributed by atoms with E-state index in [0.29, 0.717) is 18.5 Å². The molecule has 1 aliphatic rings. The molecule has 7 heteroatoms. The third kappa shape index (κ3) is 3.17. The van der Waals surface area contributed by atoms with Gasteiger partial charge in [-0.3, -0.25) is 4.79 Å². The molecule has 5 nitrogen and oxygen atoms in total. The molecule has 2 aromatic carbocycles. The van der Waals surface area contributed by atoms with E-state index in [4.69, 9.17) is 11.6 Å². The summed E-state index contributed by atoms with van der Waals surface area (Å²) >= 11 is 6.05. The Kier molecular flexibility index (Phi) is 4.62. The Hall–Kier alpha value is -1.89. The number of amides is 1. The zero-order valence-corrected chi connectivity index (χ0v) is 14.6. The lowest BCUT2D eigenvalue weighted by molar-refractivity contribution is -0.118. The first-order valence-electron chi connectivity index (χ1n) is 7.54. The lowest BCUT2D eigenvalue weighted by atomic mass is 10.2. The monoisotopic (exact) mass is 364 g/mol. The molecule has 1 saturated heterocycles. The quantitative estimate of drug-likeness (QED) is 0.907. The first kappa shape index (κ1) is 17.0. The fraction of sp³-hybridized carbons (Fsp3) is 0.235. The first-order chi connectivity index (χ1) is 11.4. The Morgan fingerprint density at radius 3 is 2.50 bits per heavy atom. The minimum absolute atomic E-state index is 0.0256. The fourth-order valence-electron chi connectivity index (χ4n) is 2.86. The van der Waals surface area contributed by atoms with Crippen LogP contribution >= 0.6 is 11.6 Å². The zero-order chi connectivity index (χ0) is 17.3. The maximum Gasteiger partial charge on any atom is 0.245 e. The van der Waals surface area contributed by atoms with E-state index in [1.807, 2.05) is 30.3 Å². The normalized spacial score (nSPS) is 18.2. The number of carbonyl (C=O) groups excluding carboxylic acids is 1. The number of hydrogen-bond donors (Lipinski definition) is 1. The van der Waals surface area contributed by atoms with Gasteiger partial charge in [0.15, 0.2) is 0 Å². The van der Waals surface area contributed by atoms with E-state index in [1.54, 1.807) is 24.0 Å². The molecule has 126 valence electrons. The van der Waals surface area contributed by atoms with Gasteiger partial charge in [-0.25, -0.2) is 8.42 Å². The molecule has 0 bridgehead atoms. The number of rotatable bonds is 4. The van der Waals surface area contributed by atoms with Crippen LogP contribution in [0, 0.1) is 6.92 Å². The van der Waals surface area contributed by atoms with Crippen molar-refractivity contribution in [1.29, 1.82) is 0 Å². The number of aryl methyl sites for hydroxylation is 1. The molecule has 1 aliphatic heterocycles. The van der Waals surface area contributed by atoms with E-state index < -0.39 is 16.1 Å². The van der Waals surface area contributed by atoms with Gasteiger partial charge in [0.25, 0.3) is 0 Å². The van der Waals surface area contributed by atoms with Crippen LogP contribution in [0.2, 0.25) is 5.02 Å². The summed E-state index contributed by atoms with van der Waals surface area (Å²) in [5, 5.41) is 0.146. The van der Waals surface area contributed by atoms with E-state index >= 15 is 0 Å². The number of halogens is 1. The topological polar surface area (TPSA) is 66.5 Å². The maximum absolute atomic E-state index is 12.7. The molecule has 3 rings (SSSR count). The second-order valence-electron chi connectivity index (χ2n) is 5.67. The van der Waals surface area contributed by atoms with Crippen LogP contribution in [0.25, 0.3) is 0 Å². The van der Waals surface area contributed by atoms with Crippen molar-refractivity contribution in [2.75, 3.05) is 11.4 Å². The summed E-state index contributed by atoms with van der Waals surface area (Å²) in [5.74, 6) is -0.255. The summed E-state index contributed by atoms with van der Waals surface area (Å²) < 4.78 is 27.8. The predicted molar refractivity (Wildman–Crippen MR) is 93.7 cm³/mol. The summed E-state index contributed by atoms with van der Waals surface area (Å²) in [7, 11) is -3.87. The molecule has 1 fully saturated rings. The smallest absolute Gasteiger partial charge is 0.245 e. The number of anilines is 1. The van der Waals surface area contributed by atoms with Crippen LogP contribution in [-0.2, 0) is 14.8 Å². The van der Waals surface area contributed by atoms with Crippen molar-refractivity contribution in [3.63, 3.8) is 0 Å². The van der Waals surface area contributed by atoms with Gasteiger partial charge in [-0.05, 0) is 37.1 Å². The molecule has 0 spiro atoms. The summed E-state index contributed by atoms with van der Waals surface area (Å²) in [6.45, 7) is 2.14. The third-order valence-electron chi connectivity index (χ3n) is 4.00. The van der Waals surface area contributed by atoms with Gasteiger partial charge < -0.3 is 4.90 Å². The predicted octanol–water partition coefficient (Wildman–Crippen LogP) is 2.73. The third-order valence-corrected chi connectivity index (χ3v) is 6.10. The van der Waals surface area contributed by atoms with Crippen LogP contribution in [-0.4, -0.2) is 26.9 Å². The Morgan fingerprint density at radius 2 is 1.83 bits per heavy atom. The van der Waals surface area contributed by atoms with Gasteiger partial charge in [-0.1, -0.05) is 41.9 Å². The van der Waals surface area contributed by atoms with Gasteiger partial charge in [0.1, 0.15) is 10.9 Å². The summed E-state index contributed by atoms with van der Waals surface area (Å²) in [4.78, 5) is 14.2. The van der Waals surface area contributed by atoms with E-state index in [2.05, 4.69) is 4.72 Å². The van der Waals surface area contributed by atoms with Crippen molar-refractivity contribution in [1.82, 2.24) is 4.72 Å². The Morgan fingerprint density at radius 1 is 1.12 bits per heavy atom. The van der Waals surface area contributed by atoms with Gasteiger partial charge in [0, 0.05) is 12.2 Å². The lowest BCUT2D eigenvalue weighted by Crippen LogP contribution is -2.41. The SMILES string of the molecule is Cc1cccc(Cl)c1S(=O)(=O)NC1CCN(c2ccccc2)C1=O. The molecule has 24 heavy (non-hydrogen) atoms. The summed E-state index contributed by atoms with van der Waals surface area (Å²) in [6, 6.07) is 13.3. The van der Waals surface area contributed by atoms with Crippen molar-refractivity contribution >= 4 is 33.2 Å². The van der Waals surface area contributed by atoms with Crippen molar-refractivity contribution in [2.24, 2.45) is 0 Å². The van der Waals surface area contributed by atoms with Gasteiger partial charge >= 0.3 is 0 Å². The van der Waals surface area contributed by atoms with Crippen LogP contribution in [0.3, 0.4) is 0 Å². The standard InChI is InChI=1S/C17H17ClN2O3S/c1-12-6-5-9-14(18)16(12)24(22,23)19-15-10-11-20(17(15)21)13-7-3-2-4-8-13/h2-9,15,19H,10-11H2,1H3. The highest BCUT2D eigenvalue weighted by Gasteiger charge is 2.36. The molecule has 0 aliphatic carbocycles. The molecule has 1 unspecified atom stereocenters. The second kappa shape index (κ2) is 6.55.